The summed E-state index contributed by atoms with van der Waals surface area (Å²) < 4.78 is 51.3. The van der Waals surface area contributed by atoms with Crippen molar-refractivity contribution in [3.63, 3.8) is 0 Å². The number of carbonyl (C=O) groups excluding carboxylic acids is 1. The minimum Gasteiger partial charge on any atom is -0.399 e. The summed E-state index contributed by atoms with van der Waals surface area (Å²) in [6.07, 6.45) is -2.08. The predicted molar refractivity (Wildman–Crippen MR) is 121 cm³/mol. The molecule has 1 fully saturated rings. The van der Waals surface area contributed by atoms with Gasteiger partial charge in [0.1, 0.15) is 5.82 Å². The molecule has 33 heavy (non-hydrogen) atoms. The van der Waals surface area contributed by atoms with Gasteiger partial charge in [-0.05, 0) is 55.1 Å². The van der Waals surface area contributed by atoms with Crippen LogP contribution < -0.4 is 16.4 Å². The maximum absolute atomic E-state index is 12.9. The standard InChI is InChI=1S/C17H20ClF3N4.C5H8FNO/c1-3-5-14-13(4-2)15(25-16(18)24-14)23-9-10-6-11(17(19,20)21)8-12(22)7-10;1-4(8)5(6)2-7-3-5/h6-8H,3-5,9,22H2,1-2H3,(H,23,24,25);7H,2-3H2,1H3. The van der Waals surface area contributed by atoms with Crippen LogP contribution >= 0.6 is 11.6 Å². The third-order valence-corrected chi connectivity index (χ3v) is 5.32. The Balaban J connectivity index is 0.000000405. The Bertz CT molecular complexity index is 980. The van der Waals surface area contributed by atoms with Crippen molar-refractivity contribution >= 4 is 28.9 Å². The summed E-state index contributed by atoms with van der Waals surface area (Å²) in [6.45, 7) is 5.83. The van der Waals surface area contributed by atoms with Gasteiger partial charge < -0.3 is 16.4 Å². The number of nitrogens with zero attached hydrogens (tertiary/aromatic N) is 2. The lowest BCUT2D eigenvalue weighted by Gasteiger charge is -2.31. The van der Waals surface area contributed by atoms with Gasteiger partial charge in [-0.3, -0.25) is 4.79 Å². The van der Waals surface area contributed by atoms with Gasteiger partial charge in [-0.25, -0.2) is 14.4 Å². The highest BCUT2D eigenvalue weighted by Crippen LogP contribution is 2.31. The molecule has 6 nitrogen and oxygen atoms in total. The summed E-state index contributed by atoms with van der Waals surface area (Å²) in [5, 5.41) is 5.87. The zero-order chi connectivity index (χ0) is 24.8. The monoisotopic (exact) mass is 489 g/mol. The van der Waals surface area contributed by atoms with Gasteiger partial charge in [0.2, 0.25) is 5.28 Å². The SMILES string of the molecule is CC(=O)C1(F)CNC1.CCCc1nc(Cl)nc(NCc2cc(N)cc(C(F)(F)F)c2)c1CC. The predicted octanol–water partition coefficient (Wildman–Crippen LogP) is 4.74. The molecule has 0 spiro atoms. The average molecular weight is 490 g/mol. The largest absolute Gasteiger partial charge is 0.416 e. The van der Waals surface area contributed by atoms with Crippen molar-refractivity contribution in [2.45, 2.75) is 58.4 Å². The van der Waals surface area contributed by atoms with E-state index in [0.717, 1.165) is 36.2 Å². The number of anilines is 2. The fourth-order valence-electron chi connectivity index (χ4n) is 3.22. The number of nitrogens with one attached hydrogen (secondary N) is 2. The number of alkyl halides is 4. The summed E-state index contributed by atoms with van der Waals surface area (Å²) in [6, 6.07) is 3.50. The molecule has 0 atom stereocenters. The number of Topliss-reactive ketones (excluding diaryl/α,β-unsaturated/α-hetero) is 1. The number of aromatic nitrogens is 2. The molecule has 4 N–H and O–H groups in total. The summed E-state index contributed by atoms with van der Waals surface area (Å²) in [5.41, 5.74) is 5.56. The molecule has 0 radical (unpaired) electrons. The highest BCUT2D eigenvalue weighted by molar-refractivity contribution is 6.28. The van der Waals surface area contributed by atoms with E-state index < -0.39 is 17.4 Å². The second kappa shape index (κ2) is 11.1. The summed E-state index contributed by atoms with van der Waals surface area (Å²) in [7, 11) is 0. The Morgan fingerprint density at radius 2 is 1.91 bits per heavy atom. The number of rotatable bonds is 7. The Labute approximate surface area is 195 Å². The maximum Gasteiger partial charge on any atom is 0.416 e. The van der Waals surface area contributed by atoms with Crippen LogP contribution in [0.1, 0.15) is 49.6 Å². The highest BCUT2D eigenvalue weighted by Gasteiger charge is 2.41. The molecule has 1 aliphatic heterocycles. The molecule has 1 saturated heterocycles. The number of hydrogen-bond donors (Lipinski definition) is 3. The zero-order valence-electron chi connectivity index (χ0n) is 18.7. The van der Waals surface area contributed by atoms with E-state index in [4.69, 9.17) is 17.3 Å². The lowest BCUT2D eigenvalue weighted by Crippen LogP contribution is -2.60. The Kier molecular flexibility index (Phi) is 9.02. The van der Waals surface area contributed by atoms with E-state index in [1.54, 1.807) is 0 Å². The first kappa shape index (κ1) is 26.8. The third kappa shape index (κ3) is 7.26. The van der Waals surface area contributed by atoms with Crippen LogP contribution in [0.5, 0.6) is 0 Å². The fraction of sp³-hybridized carbons (Fsp3) is 0.500. The molecule has 182 valence electrons. The third-order valence-electron chi connectivity index (χ3n) is 5.15. The fourth-order valence-corrected chi connectivity index (χ4v) is 3.41. The second-order valence-electron chi connectivity index (χ2n) is 7.81. The van der Waals surface area contributed by atoms with Crippen molar-refractivity contribution in [3.05, 3.63) is 45.9 Å². The number of hydrogen-bond acceptors (Lipinski definition) is 6. The van der Waals surface area contributed by atoms with Crippen molar-refractivity contribution in [3.8, 4) is 0 Å². The number of halogens is 5. The van der Waals surface area contributed by atoms with Crippen molar-refractivity contribution in [2.24, 2.45) is 0 Å². The van der Waals surface area contributed by atoms with Crippen molar-refractivity contribution < 1.29 is 22.4 Å². The smallest absolute Gasteiger partial charge is 0.399 e. The first-order chi connectivity index (χ1) is 15.4. The van der Waals surface area contributed by atoms with Gasteiger partial charge in [0.25, 0.3) is 0 Å². The van der Waals surface area contributed by atoms with E-state index in [0.29, 0.717) is 17.8 Å². The van der Waals surface area contributed by atoms with E-state index in [1.807, 2.05) is 13.8 Å². The van der Waals surface area contributed by atoms with Crippen LogP contribution in [0.25, 0.3) is 0 Å². The quantitative estimate of drug-likeness (QED) is 0.295. The zero-order valence-corrected chi connectivity index (χ0v) is 19.5. The summed E-state index contributed by atoms with van der Waals surface area (Å²) in [4.78, 5) is 18.8. The Morgan fingerprint density at radius 1 is 1.24 bits per heavy atom. The Morgan fingerprint density at radius 3 is 2.36 bits per heavy atom. The molecule has 1 aromatic heterocycles. The van der Waals surface area contributed by atoms with Gasteiger partial charge >= 0.3 is 6.18 Å². The number of benzene rings is 1. The molecule has 1 aromatic carbocycles. The summed E-state index contributed by atoms with van der Waals surface area (Å²) >= 11 is 5.98. The van der Waals surface area contributed by atoms with Gasteiger partial charge in [0, 0.05) is 30.9 Å². The number of carbonyl (C=O) groups is 1. The molecule has 2 heterocycles. The van der Waals surface area contributed by atoms with Crippen molar-refractivity contribution in [1.29, 1.82) is 0 Å². The van der Waals surface area contributed by atoms with Gasteiger partial charge in [-0.1, -0.05) is 20.3 Å². The first-order valence-electron chi connectivity index (χ1n) is 10.6. The highest BCUT2D eigenvalue weighted by atomic mass is 35.5. The normalized spacial score (nSPS) is 14.7. The molecule has 1 aliphatic rings. The number of nitrogen functional groups attached to an aromatic ring is 1. The van der Waals surface area contributed by atoms with Crippen LogP contribution in [0.4, 0.5) is 29.1 Å². The topological polar surface area (TPSA) is 92.9 Å². The van der Waals surface area contributed by atoms with E-state index >= 15 is 0 Å². The maximum atomic E-state index is 12.9. The molecule has 3 rings (SSSR count). The second-order valence-corrected chi connectivity index (χ2v) is 8.15. The average Bonchev–Trinajstić information content (AvgIpc) is 2.70. The van der Waals surface area contributed by atoms with E-state index in [9.17, 15) is 22.4 Å². The molecule has 0 unspecified atom stereocenters. The number of ketones is 1. The van der Waals surface area contributed by atoms with Crippen molar-refractivity contribution in [1.82, 2.24) is 15.3 Å². The minimum atomic E-state index is -4.44. The van der Waals surface area contributed by atoms with Gasteiger partial charge in [0.15, 0.2) is 11.5 Å². The first-order valence-corrected chi connectivity index (χ1v) is 10.9. The minimum absolute atomic E-state index is 0.0646. The molecular formula is C22H28ClF4N5O. The van der Waals surface area contributed by atoms with Crippen LogP contribution in [0.2, 0.25) is 5.28 Å². The molecular weight excluding hydrogens is 462 g/mol. The molecule has 0 bridgehead atoms. The molecule has 0 aliphatic carbocycles. The van der Waals surface area contributed by atoms with Crippen molar-refractivity contribution in [2.75, 3.05) is 24.1 Å². The number of nitrogens with two attached hydrogens (primary N) is 1. The van der Waals surface area contributed by atoms with Crippen LogP contribution in [0.3, 0.4) is 0 Å². The molecule has 11 heteroatoms. The van der Waals surface area contributed by atoms with Gasteiger partial charge in [-0.2, -0.15) is 13.2 Å². The van der Waals surface area contributed by atoms with Crippen LogP contribution in [0, 0.1) is 0 Å². The van der Waals surface area contributed by atoms with Crippen LogP contribution in [-0.4, -0.2) is 34.5 Å². The molecule has 0 saturated carbocycles. The van der Waals surface area contributed by atoms with Crippen LogP contribution in [-0.2, 0) is 30.4 Å². The van der Waals surface area contributed by atoms with E-state index in [1.165, 1.54) is 13.0 Å². The van der Waals surface area contributed by atoms with E-state index in [-0.39, 0.29) is 36.4 Å². The van der Waals surface area contributed by atoms with Gasteiger partial charge in [-0.15, -0.1) is 0 Å². The van der Waals surface area contributed by atoms with E-state index in [2.05, 4.69) is 20.6 Å². The Hall–Kier alpha value is -2.46. The lowest BCUT2D eigenvalue weighted by molar-refractivity contribution is -0.137. The molecule has 2 aromatic rings. The van der Waals surface area contributed by atoms with Crippen LogP contribution in [0.15, 0.2) is 18.2 Å². The van der Waals surface area contributed by atoms with Gasteiger partial charge in [0.05, 0.1) is 11.3 Å². The summed E-state index contributed by atoms with van der Waals surface area (Å²) in [5.74, 6) is 0.179. The molecule has 0 amide bonds. The lowest BCUT2D eigenvalue weighted by atomic mass is 9.95. The number of aryl methyl sites for hydroxylation is 1.